The van der Waals surface area contributed by atoms with Crippen molar-refractivity contribution in [1.29, 1.82) is 0 Å². The lowest BCUT2D eigenvalue weighted by molar-refractivity contribution is -0.125. The van der Waals surface area contributed by atoms with Gasteiger partial charge in [-0.3, -0.25) is 5.32 Å². The van der Waals surface area contributed by atoms with Crippen LogP contribution in [-0.4, -0.2) is 17.9 Å². The summed E-state index contributed by atoms with van der Waals surface area (Å²) in [5.74, 6) is 0. The summed E-state index contributed by atoms with van der Waals surface area (Å²) in [7, 11) is 0. The molecule has 1 heterocycles. The summed E-state index contributed by atoms with van der Waals surface area (Å²) in [5.41, 5.74) is -0.128. The monoisotopic (exact) mass is 143 g/mol. The molecule has 1 aliphatic heterocycles. The van der Waals surface area contributed by atoms with Gasteiger partial charge in [0.2, 0.25) is 0 Å². The van der Waals surface area contributed by atoms with Crippen molar-refractivity contribution in [2.75, 3.05) is 0 Å². The van der Waals surface area contributed by atoms with Crippen LogP contribution >= 0.6 is 0 Å². The van der Waals surface area contributed by atoms with Gasteiger partial charge in [-0.1, -0.05) is 0 Å². The maximum Gasteiger partial charge on any atom is 0.114 e. The second kappa shape index (κ2) is 2.51. The normalized spacial score (nSPS) is 39.6. The molecule has 1 rings (SSSR count). The van der Waals surface area contributed by atoms with Gasteiger partial charge >= 0.3 is 0 Å². The van der Waals surface area contributed by atoms with Crippen LogP contribution in [0.5, 0.6) is 0 Å². The summed E-state index contributed by atoms with van der Waals surface area (Å²) in [5, 5.41) is 3.36. The molecular weight excluding hydrogens is 126 g/mol. The largest absolute Gasteiger partial charge is 0.358 e. The second-order valence-electron chi connectivity index (χ2n) is 3.72. The van der Waals surface area contributed by atoms with Crippen LogP contribution in [0.25, 0.3) is 0 Å². The molecule has 1 fully saturated rings. The SMILES string of the molecule is C[C@@H]1C[C@H](C)NC(C)(C)O1. The van der Waals surface area contributed by atoms with E-state index in [9.17, 15) is 0 Å². The minimum atomic E-state index is -0.128. The zero-order valence-electron chi connectivity index (χ0n) is 7.27. The maximum absolute atomic E-state index is 5.63. The highest BCUT2D eigenvalue weighted by Gasteiger charge is 2.29. The van der Waals surface area contributed by atoms with Crippen LogP contribution in [-0.2, 0) is 4.74 Å². The summed E-state index contributed by atoms with van der Waals surface area (Å²) in [6, 6.07) is 0.582. The molecule has 0 bridgehead atoms. The van der Waals surface area contributed by atoms with E-state index in [1.165, 1.54) is 0 Å². The summed E-state index contributed by atoms with van der Waals surface area (Å²) >= 11 is 0. The first-order valence-corrected chi connectivity index (χ1v) is 3.95. The van der Waals surface area contributed by atoms with Crippen LogP contribution in [0.3, 0.4) is 0 Å². The maximum atomic E-state index is 5.63. The molecule has 2 nitrogen and oxygen atoms in total. The lowest BCUT2D eigenvalue weighted by Crippen LogP contribution is -2.54. The van der Waals surface area contributed by atoms with Gasteiger partial charge in [-0.25, -0.2) is 0 Å². The predicted molar refractivity (Wildman–Crippen MR) is 41.8 cm³/mol. The van der Waals surface area contributed by atoms with Crippen molar-refractivity contribution in [2.45, 2.75) is 52.0 Å². The molecule has 0 aromatic heterocycles. The van der Waals surface area contributed by atoms with Gasteiger partial charge in [0, 0.05) is 6.04 Å². The summed E-state index contributed by atoms with van der Waals surface area (Å²) in [4.78, 5) is 0. The highest BCUT2D eigenvalue weighted by molar-refractivity contribution is 4.79. The van der Waals surface area contributed by atoms with Gasteiger partial charge in [-0.2, -0.15) is 0 Å². The summed E-state index contributed by atoms with van der Waals surface area (Å²) in [6.07, 6.45) is 1.51. The van der Waals surface area contributed by atoms with Crippen molar-refractivity contribution >= 4 is 0 Å². The first kappa shape index (κ1) is 8.02. The topological polar surface area (TPSA) is 21.3 Å². The van der Waals surface area contributed by atoms with Gasteiger partial charge in [0.25, 0.3) is 0 Å². The molecule has 0 saturated carbocycles. The van der Waals surface area contributed by atoms with Gasteiger partial charge in [0.05, 0.1) is 6.10 Å². The van der Waals surface area contributed by atoms with Crippen LogP contribution in [0.4, 0.5) is 0 Å². The summed E-state index contributed by atoms with van der Waals surface area (Å²) in [6.45, 7) is 8.46. The van der Waals surface area contributed by atoms with Crippen molar-refractivity contribution in [3.63, 3.8) is 0 Å². The van der Waals surface area contributed by atoms with Crippen LogP contribution in [0.15, 0.2) is 0 Å². The Morgan fingerprint density at radius 1 is 1.40 bits per heavy atom. The number of ether oxygens (including phenoxy) is 1. The standard InChI is InChI=1S/C8H17NO/c1-6-5-7(2)10-8(3,4)9-6/h6-7,9H,5H2,1-4H3/t6-,7+/m0/s1. The van der Waals surface area contributed by atoms with Gasteiger partial charge in [-0.05, 0) is 34.1 Å². The fourth-order valence-electron chi connectivity index (χ4n) is 1.74. The molecule has 60 valence electrons. The minimum absolute atomic E-state index is 0.128. The third-order valence-corrected chi connectivity index (χ3v) is 1.78. The third kappa shape index (κ3) is 1.96. The highest BCUT2D eigenvalue weighted by atomic mass is 16.5. The van der Waals surface area contributed by atoms with E-state index in [2.05, 4.69) is 33.0 Å². The van der Waals surface area contributed by atoms with E-state index in [0.29, 0.717) is 12.1 Å². The Morgan fingerprint density at radius 3 is 2.40 bits per heavy atom. The van der Waals surface area contributed by atoms with E-state index in [-0.39, 0.29) is 5.72 Å². The van der Waals surface area contributed by atoms with Gasteiger partial charge in [-0.15, -0.1) is 0 Å². The third-order valence-electron chi connectivity index (χ3n) is 1.78. The number of rotatable bonds is 0. The fraction of sp³-hybridized carbons (Fsp3) is 1.00. The summed E-state index contributed by atoms with van der Waals surface area (Å²) < 4.78 is 5.63. The molecule has 1 N–H and O–H groups in total. The van der Waals surface area contributed by atoms with Crippen molar-refractivity contribution in [3.05, 3.63) is 0 Å². The van der Waals surface area contributed by atoms with Gasteiger partial charge < -0.3 is 4.74 Å². The quantitative estimate of drug-likeness (QED) is 0.555. The first-order chi connectivity index (χ1) is 4.49. The molecule has 0 aromatic rings. The van der Waals surface area contributed by atoms with Crippen molar-refractivity contribution in [1.82, 2.24) is 5.32 Å². The predicted octanol–water partition coefficient (Wildman–Crippen LogP) is 1.51. The molecule has 0 radical (unpaired) electrons. The van der Waals surface area contributed by atoms with E-state index in [0.717, 1.165) is 6.42 Å². The van der Waals surface area contributed by atoms with E-state index in [4.69, 9.17) is 4.74 Å². The van der Waals surface area contributed by atoms with E-state index >= 15 is 0 Å². The Kier molecular flexibility index (Phi) is 2.02. The molecule has 0 unspecified atom stereocenters. The lowest BCUT2D eigenvalue weighted by atomic mass is 10.1. The van der Waals surface area contributed by atoms with Crippen molar-refractivity contribution in [2.24, 2.45) is 0 Å². The molecule has 1 saturated heterocycles. The smallest absolute Gasteiger partial charge is 0.114 e. The number of hydrogen-bond acceptors (Lipinski definition) is 2. The Bertz CT molecular complexity index is 110. The van der Waals surface area contributed by atoms with Crippen LogP contribution in [0.1, 0.15) is 34.1 Å². The molecule has 1 aliphatic rings. The zero-order chi connectivity index (χ0) is 7.78. The van der Waals surface area contributed by atoms with Crippen molar-refractivity contribution in [3.8, 4) is 0 Å². The zero-order valence-corrected chi connectivity index (χ0v) is 7.27. The molecule has 0 spiro atoms. The second-order valence-corrected chi connectivity index (χ2v) is 3.72. The molecular formula is C8H17NO. The molecule has 2 heteroatoms. The fourth-order valence-corrected chi connectivity index (χ4v) is 1.74. The molecule has 10 heavy (non-hydrogen) atoms. The van der Waals surface area contributed by atoms with E-state index in [1.54, 1.807) is 0 Å². The number of nitrogens with one attached hydrogen (secondary N) is 1. The number of hydrogen-bond donors (Lipinski definition) is 1. The lowest BCUT2D eigenvalue weighted by Gasteiger charge is -2.39. The minimum Gasteiger partial charge on any atom is -0.358 e. The van der Waals surface area contributed by atoms with E-state index in [1.807, 2.05) is 0 Å². The van der Waals surface area contributed by atoms with Gasteiger partial charge in [0.1, 0.15) is 5.72 Å². The highest BCUT2D eigenvalue weighted by Crippen LogP contribution is 2.19. The van der Waals surface area contributed by atoms with E-state index < -0.39 is 0 Å². The Hall–Kier alpha value is -0.0800. The molecule has 0 aromatic carbocycles. The Morgan fingerprint density at radius 2 is 2.00 bits per heavy atom. The average molecular weight is 143 g/mol. The molecule has 2 atom stereocenters. The first-order valence-electron chi connectivity index (χ1n) is 3.95. The Balaban J connectivity index is 2.51. The molecule has 0 aliphatic carbocycles. The van der Waals surface area contributed by atoms with Crippen LogP contribution in [0, 0.1) is 0 Å². The van der Waals surface area contributed by atoms with Crippen LogP contribution in [0.2, 0.25) is 0 Å². The van der Waals surface area contributed by atoms with Crippen molar-refractivity contribution < 1.29 is 4.74 Å². The van der Waals surface area contributed by atoms with Crippen LogP contribution < -0.4 is 5.32 Å². The van der Waals surface area contributed by atoms with Gasteiger partial charge in [0.15, 0.2) is 0 Å². The molecule has 0 amide bonds. The average Bonchev–Trinajstić information content (AvgIpc) is 1.54. The Labute approximate surface area is 63.0 Å².